The van der Waals surface area contributed by atoms with Gasteiger partial charge in [-0.3, -0.25) is 0 Å². The van der Waals surface area contributed by atoms with E-state index in [9.17, 15) is 0 Å². The Morgan fingerprint density at radius 3 is 2.46 bits per heavy atom. The predicted molar refractivity (Wildman–Crippen MR) is 53.7 cm³/mol. The van der Waals surface area contributed by atoms with Crippen molar-refractivity contribution in [3.8, 4) is 0 Å². The van der Waals surface area contributed by atoms with Gasteiger partial charge < -0.3 is 9.84 Å². The van der Waals surface area contributed by atoms with E-state index < -0.39 is 0 Å². The topological polar surface area (TPSA) is 29.5 Å². The zero-order chi connectivity index (χ0) is 9.68. The van der Waals surface area contributed by atoms with Crippen LogP contribution in [-0.2, 0) is 4.74 Å². The van der Waals surface area contributed by atoms with Gasteiger partial charge in [-0.25, -0.2) is 0 Å². The van der Waals surface area contributed by atoms with Crippen LogP contribution in [0.1, 0.15) is 46.0 Å². The van der Waals surface area contributed by atoms with Gasteiger partial charge in [0, 0.05) is 6.61 Å². The maximum Gasteiger partial charge on any atom is 0.0575 e. The second-order valence-electron chi connectivity index (χ2n) is 4.39. The second kappa shape index (κ2) is 5.61. The van der Waals surface area contributed by atoms with Gasteiger partial charge in [-0.1, -0.05) is 6.92 Å². The monoisotopic (exact) mass is 186 g/mol. The molecule has 1 rings (SSSR count). The van der Waals surface area contributed by atoms with Crippen LogP contribution in [0.4, 0.5) is 0 Å². The summed E-state index contributed by atoms with van der Waals surface area (Å²) >= 11 is 0. The fourth-order valence-electron chi connectivity index (χ4n) is 1.80. The third kappa shape index (κ3) is 4.63. The molecule has 2 nitrogen and oxygen atoms in total. The smallest absolute Gasteiger partial charge is 0.0575 e. The highest BCUT2D eigenvalue weighted by molar-refractivity contribution is 4.69. The summed E-state index contributed by atoms with van der Waals surface area (Å²) in [5.74, 6) is 0.886. The van der Waals surface area contributed by atoms with Crippen LogP contribution in [-0.4, -0.2) is 23.9 Å². The van der Waals surface area contributed by atoms with E-state index in [4.69, 9.17) is 9.84 Å². The first-order valence-electron chi connectivity index (χ1n) is 5.48. The van der Waals surface area contributed by atoms with E-state index in [1.165, 1.54) is 25.7 Å². The maximum atomic E-state index is 9.04. The van der Waals surface area contributed by atoms with Crippen molar-refractivity contribution >= 4 is 0 Å². The van der Waals surface area contributed by atoms with Crippen molar-refractivity contribution in [1.29, 1.82) is 0 Å². The molecule has 0 saturated heterocycles. The number of hydrogen-bond donors (Lipinski definition) is 1. The average molecular weight is 186 g/mol. The molecular formula is C11H22O2. The van der Waals surface area contributed by atoms with Gasteiger partial charge in [0.2, 0.25) is 0 Å². The third-order valence-electron chi connectivity index (χ3n) is 2.85. The molecule has 1 saturated carbocycles. The molecule has 78 valence electrons. The Labute approximate surface area is 81.3 Å². The van der Waals surface area contributed by atoms with Gasteiger partial charge in [-0.2, -0.15) is 0 Å². The SMILES string of the molecule is CC(O)CCOC1CCC(C)CC1. The molecule has 0 aliphatic heterocycles. The van der Waals surface area contributed by atoms with Gasteiger partial charge in [0.1, 0.15) is 0 Å². The lowest BCUT2D eigenvalue weighted by molar-refractivity contribution is 0.00495. The Balaban J connectivity index is 2.02. The van der Waals surface area contributed by atoms with E-state index in [-0.39, 0.29) is 6.10 Å². The Hall–Kier alpha value is -0.0800. The number of aliphatic hydroxyl groups is 1. The van der Waals surface area contributed by atoms with Crippen molar-refractivity contribution in [1.82, 2.24) is 0 Å². The first-order valence-corrected chi connectivity index (χ1v) is 5.48. The van der Waals surface area contributed by atoms with Crippen molar-refractivity contribution < 1.29 is 9.84 Å². The highest BCUT2D eigenvalue weighted by atomic mass is 16.5. The summed E-state index contributed by atoms with van der Waals surface area (Å²) in [6, 6.07) is 0. The van der Waals surface area contributed by atoms with E-state index in [0.29, 0.717) is 6.10 Å². The van der Waals surface area contributed by atoms with Crippen LogP contribution in [0.2, 0.25) is 0 Å². The first kappa shape index (κ1) is 11.0. The molecule has 0 radical (unpaired) electrons. The molecule has 1 aliphatic carbocycles. The molecule has 2 heteroatoms. The molecule has 0 heterocycles. The van der Waals surface area contributed by atoms with Crippen LogP contribution >= 0.6 is 0 Å². The minimum Gasteiger partial charge on any atom is -0.393 e. The minimum absolute atomic E-state index is 0.220. The maximum absolute atomic E-state index is 9.04. The van der Waals surface area contributed by atoms with Crippen LogP contribution < -0.4 is 0 Å². The Bertz CT molecular complexity index is 126. The van der Waals surface area contributed by atoms with Gasteiger partial charge in [0.15, 0.2) is 0 Å². The van der Waals surface area contributed by atoms with Gasteiger partial charge in [-0.15, -0.1) is 0 Å². The van der Waals surface area contributed by atoms with Crippen LogP contribution in [0, 0.1) is 5.92 Å². The molecule has 1 unspecified atom stereocenters. The third-order valence-corrected chi connectivity index (χ3v) is 2.85. The predicted octanol–water partition coefficient (Wildman–Crippen LogP) is 2.35. The van der Waals surface area contributed by atoms with Crippen molar-refractivity contribution in [3.63, 3.8) is 0 Å². The number of rotatable bonds is 4. The summed E-state index contributed by atoms with van der Waals surface area (Å²) in [4.78, 5) is 0. The van der Waals surface area contributed by atoms with E-state index in [2.05, 4.69) is 6.92 Å². The van der Waals surface area contributed by atoms with E-state index >= 15 is 0 Å². The Morgan fingerprint density at radius 2 is 1.92 bits per heavy atom. The van der Waals surface area contributed by atoms with E-state index in [1.807, 2.05) is 6.92 Å². The summed E-state index contributed by atoms with van der Waals surface area (Å²) in [6.45, 7) is 4.84. The molecule has 1 atom stereocenters. The molecule has 0 bridgehead atoms. The molecular weight excluding hydrogens is 164 g/mol. The molecule has 0 aromatic rings. The average Bonchev–Trinajstić information content (AvgIpc) is 2.08. The lowest BCUT2D eigenvalue weighted by Gasteiger charge is -2.26. The van der Waals surface area contributed by atoms with Gasteiger partial charge in [0.05, 0.1) is 12.2 Å². The van der Waals surface area contributed by atoms with Crippen LogP contribution in [0.15, 0.2) is 0 Å². The van der Waals surface area contributed by atoms with E-state index in [1.54, 1.807) is 0 Å². The minimum atomic E-state index is -0.220. The van der Waals surface area contributed by atoms with Gasteiger partial charge in [0.25, 0.3) is 0 Å². The second-order valence-corrected chi connectivity index (χ2v) is 4.39. The zero-order valence-electron chi connectivity index (χ0n) is 8.83. The summed E-state index contributed by atoms with van der Waals surface area (Å²) < 4.78 is 5.68. The highest BCUT2D eigenvalue weighted by Gasteiger charge is 2.18. The van der Waals surface area contributed by atoms with Crippen LogP contribution in [0.5, 0.6) is 0 Å². The number of ether oxygens (including phenoxy) is 1. The standard InChI is InChI=1S/C11H22O2/c1-9-3-5-11(6-4-9)13-8-7-10(2)12/h9-12H,3-8H2,1-2H3. The molecule has 1 N–H and O–H groups in total. The lowest BCUT2D eigenvalue weighted by Crippen LogP contribution is -2.21. The summed E-state index contributed by atoms with van der Waals surface area (Å²) in [7, 11) is 0. The largest absolute Gasteiger partial charge is 0.393 e. The summed E-state index contributed by atoms with van der Waals surface area (Å²) in [5, 5.41) is 9.04. The first-order chi connectivity index (χ1) is 6.18. The molecule has 0 spiro atoms. The van der Waals surface area contributed by atoms with Crippen molar-refractivity contribution in [2.75, 3.05) is 6.61 Å². The zero-order valence-corrected chi connectivity index (χ0v) is 8.83. The fraction of sp³-hybridized carbons (Fsp3) is 1.00. The van der Waals surface area contributed by atoms with Crippen molar-refractivity contribution in [2.24, 2.45) is 5.92 Å². The number of hydrogen-bond acceptors (Lipinski definition) is 2. The van der Waals surface area contributed by atoms with E-state index in [0.717, 1.165) is 18.9 Å². The Kier molecular flexibility index (Phi) is 4.74. The Morgan fingerprint density at radius 1 is 1.31 bits per heavy atom. The molecule has 1 aliphatic rings. The summed E-state index contributed by atoms with van der Waals surface area (Å²) in [6.07, 6.45) is 6.05. The number of aliphatic hydroxyl groups excluding tert-OH is 1. The lowest BCUT2D eigenvalue weighted by atomic mass is 9.89. The van der Waals surface area contributed by atoms with Crippen LogP contribution in [0.25, 0.3) is 0 Å². The van der Waals surface area contributed by atoms with Crippen molar-refractivity contribution in [2.45, 2.75) is 58.2 Å². The summed E-state index contributed by atoms with van der Waals surface area (Å²) in [5.41, 5.74) is 0. The normalized spacial score (nSPS) is 31.6. The fourth-order valence-corrected chi connectivity index (χ4v) is 1.80. The molecule has 0 amide bonds. The molecule has 0 aromatic carbocycles. The van der Waals surface area contributed by atoms with Gasteiger partial charge >= 0.3 is 0 Å². The quantitative estimate of drug-likeness (QED) is 0.730. The highest BCUT2D eigenvalue weighted by Crippen LogP contribution is 2.25. The molecule has 0 aromatic heterocycles. The van der Waals surface area contributed by atoms with Crippen LogP contribution in [0.3, 0.4) is 0 Å². The van der Waals surface area contributed by atoms with Crippen molar-refractivity contribution in [3.05, 3.63) is 0 Å². The molecule has 1 fully saturated rings. The molecule has 13 heavy (non-hydrogen) atoms. The van der Waals surface area contributed by atoms with Gasteiger partial charge in [-0.05, 0) is 44.9 Å².